The number of fused-ring (bicyclic) bond motifs is 1. The average Bonchev–Trinajstić information content (AvgIpc) is 3.55. The summed E-state index contributed by atoms with van der Waals surface area (Å²) in [6.07, 6.45) is 3.52. The minimum Gasteiger partial charge on any atom is -0.490 e. The van der Waals surface area contributed by atoms with Gasteiger partial charge in [0.1, 0.15) is 25.0 Å². The van der Waals surface area contributed by atoms with E-state index in [1.165, 1.54) is 22.7 Å². The second kappa shape index (κ2) is 10.9. The molecule has 0 N–H and O–H groups in total. The number of carbonyl (C=O) groups excluding carboxylic acids is 1. The van der Waals surface area contributed by atoms with Crippen molar-refractivity contribution < 1.29 is 14.3 Å². The van der Waals surface area contributed by atoms with Crippen molar-refractivity contribution >= 4 is 34.7 Å². The third kappa shape index (κ3) is 5.26. The fraction of sp³-hybridized carbons (Fsp3) is 0.138. The van der Waals surface area contributed by atoms with Gasteiger partial charge in [0, 0.05) is 4.88 Å². The number of esters is 1. The van der Waals surface area contributed by atoms with Crippen molar-refractivity contribution in [2.24, 2.45) is 4.99 Å². The van der Waals surface area contributed by atoms with E-state index in [2.05, 4.69) is 11.6 Å². The molecule has 0 fully saturated rings. The molecule has 1 atom stereocenters. The van der Waals surface area contributed by atoms with Gasteiger partial charge in [-0.2, -0.15) is 0 Å². The Hall–Kier alpha value is -4.01. The first-order chi connectivity index (χ1) is 18.0. The van der Waals surface area contributed by atoms with Gasteiger partial charge in [0.2, 0.25) is 0 Å². The van der Waals surface area contributed by atoms with Gasteiger partial charge in [0.15, 0.2) is 4.80 Å². The SMILES string of the molecule is C=CCOc1ccc(C=c2sc3n(c2=O)C(c2cccs2)C(C(=O)OCc2ccccc2)=C(C)N=3)cc1. The quantitative estimate of drug-likeness (QED) is 0.248. The molecule has 0 spiro atoms. The molecule has 1 aliphatic heterocycles. The number of carbonyl (C=O) groups is 1. The molecule has 1 aliphatic rings. The van der Waals surface area contributed by atoms with Crippen LogP contribution in [-0.2, 0) is 16.1 Å². The molecule has 1 unspecified atom stereocenters. The van der Waals surface area contributed by atoms with Gasteiger partial charge in [-0.25, -0.2) is 9.79 Å². The van der Waals surface area contributed by atoms with Crippen LogP contribution in [0.3, 0.4) is 0 Å². The average molecular weight is 529 g/mol. The van der Waals surface area contributed by atoms with Gasteiger partial charge >= 0.3 is 5.97 Å². The summed E-state index contributed by atoms with van der Waals surface area (Å²) in [6, 6.07) is 20.2. The highest BCUT2D eigenvalue weighted by Gasteiger charge is 2.34. The molecule has 4 aromatic rings. The molecular formula is C29H24N2O4S2. The number of hydrogen-bond donors (Lipinski definition) is 0. The van der Waals surface area contributed by atoms with Crippen LogP contribution in [0.2, 0.25) is 0 Å². The summed E-state index contributed by atoms with van der Waals surface area (Å²) in [4.78, 5) is 33.1. The van der Waals surface area contributed by atoms with E-state index in [0.29, 0.717) is 27.2 Å². The van der Waals surface area contributed by atoms with Crippen molar-refractivity contribution in [3.8, 4) is 5.75 Å². The number of ether oxygens (including phenoxy) is 2. The summed E-state index contributed by atoms with van der Waals surface area (Å²) in [5.74, 6) is 0.249. The molecule has 2 aromatic carbocycles. The van der Waals surface area contributed by atoms with Gasteiger partial charge in [-0.1, -0.05) is 72.5 Å². The molecular weight excluding hydrogens is 504 g/mol. The van der Waals surface area contributed by atoms with Crippen molar-refractivity contribution in [3.63, 3.8) is 0 Å². The van der Waals surface area contributed by atoms with Crippen LogP contribution in [0, 0.1) is 0 Å². The van der Waals surface area contributed by atoms with Gasteiger partial charge in [-0.15, -0.1) is 11.3 Å². The Bertz CT molecular complexity index is 1630. The number of hydrogen-bond acceptors (Lipinski definition) is 7. The largest absolute Gasteiger partial charge is 0.490 e. The third-order valence-corrected chi connectivity index (χ3v) is 7.72. The third-order valence-electron chi connectivity index (χ3n) is 5.81. The molecule has 3 heterocycles. The van der Waals surface area contributed by atoms with Crippen LogP contribution < -0.4 is 19.6 Å². The smallest absolute Gasteiger partial charge is 0.338 e. The number of nitrogens with zero attached hydrogens (tertiary/aromatic N) is 2. The first kappa shape index (κ1) is 24.7. The molecule has 0 amide bonds. The molecule has 2 aromatic heterocycles. The Morgan fingerprint density at radius 1 is 1.11 bits per heavy atom. The molecule has 186 valence electrons. The van der Waals surface area contributed by atoms with Crippen molar-refractivity contribution in [1.29, 1.82) is 0 Å². The summed E-state index contributed by atoms with van der Waals surface area (Å²) in [6.45, 7) is 6.01. The lowest BCUT2D eigenvalue weighted by Crippen LogP contribution is -2.39. The zero-order valence-electron chi connectivity index (χ0n) is 20.1. The second-order valence-corrected chi connectivity index (χ2v) is 10.3. The van der Waals surface area contributed by atoms with Gasteiger partial charge in [-0.3, -0.25) is 9.36 Å². The van der Waals surface area contributed by atoms with Crippen LogP contribution in [0.25, 0.3) is 6.08 Å². The zero-order chi connectivity index (χ0) is 25.8. The van der Waals surface area contributed by atoms with Gasteiger partial charge in [-0.05, 0) is 47.7 Å². The van der Waals surface area contributed by atoms with Crippen molar-refractivity contribution in [3.05, 3.63) is 132 Å². The molecule has 5 rings (SSSR count). The molecule has 37 heavy (non-hydrogen) atoms. The topological polar surface area (TPSA) is 69.9 Å². The number of rotatable bonds is 8. The first-order valence-corrected chi connectivity index (χ1v) is 13.4. The normalized spacial score (nSPS) is 15.2. The van der Waals surface area contributed by atoms with Crippen LogP contribution >= 0.6 is 22.7 Å². The maximum Gasteiger partial charge on any atom is 0.338 e. The molecule has 0 bridgehead atoms. The minimum atomic E-state index is -0.601. The molecule has 0 radical (unpaired) electrons. The molecule has 0 saturated carbocycles. The summed E-state index contributed by atoms with van der Waals surface area (Å²) in [7, 11) is 0. The Kier molecular flexibility index (Phi) is 7.30. The van der Waals surface area contributed by atoms with Crippen molar-refractivity contribution in [2.75, 3.05) is 6.61 Å². The van der Waals surface area contributed by atoms with E-state index >= 15 is 0 Å². The van der Waals surface area contributed by atoms with Crippen LogP contribution in [0.5, 0.6) is 5.75 Å². The highest BCUT2D eigenvalue weighted by atomic mass is 32.1. The van der Waals surface area contributed by atoms with Crippen LogP contribution in [0.1, 0.15) is 29.0 Å². The van der Waals surface area contributed by atoms with Crippen LogP contribution in [0.4, 0.5) is 0 Å². The zero-order valence-corrected chi connectivity index (χ0v) is 21.8. The Balaban J connectivity index is 1.52. The number of aromatic nitrogens is 1. The fourth-order valence-corrected chi connectivity index (χ4v) is 5.94. The minimum absolute atomic E-state index is 0.143. The Morgan fingerprint density at radius 2 is 1.89 bits per heavy atom. The van der Waals surface area contributed by atoms with E-state index in [9.17, 15) is 9.59 Å². The van der Waals surface area contributed by atoms with E-state index < -0.39 is 12.0 Å². The standard InChI is InChI=1S/C29H24N2O4S2/c1-3-15-34-22-13-11-20(12-14-22)17-24-27(32)31-26(23-10-7-16-36-23)25(19(2)30-29(31)37-24)28(33)35-18-21-8-5-4-6-9-21/h3-14,16-17,26H,1,15,18H2,2H3. The number of thiophene rings is 1. The van der Waals surface area contributed by atoms with Gasteiger partial charge in [0.25, 0.3) is 5.56 Å². The number of benzene rings is 2. The number of allylic oxidation sites excluding steroid dienone is 1. The van der Waals surface area contributed by atoms with E-state index in [0.717, 1.165) is 21.8 Å². The maximum atomic E-state index is 13.7. The summed E-state index contributed by atoms with van der Waals surface area (Å²) in [5, 5.41) is 1.93. The Labute approximate surface area is 221 Å². The van der Waals surface area contributed by atoms with Crippen LogP contribution in [-0.4, -0.2) is 17.1 Å². The molecule has 8 heteroatoms. The lowest BCUT2D eigenvalue weighted by Gasteiger charge is -2.23. The van der Waals surface area contributed by atoms with Gasteiger partial charge in [0.05, 0.1) is 15.8 Å². The summed E-state index contributed by atoms with van der Waals surface area (Å²) < 4.78 is 13.4. The lowest BCUT2D eigenvalue weighted by atomic mass is 10.0. The monoisotopic (exact) mass is 528 g/mol. The maximum absolute atomic E-state index is 13.7. The second-order valence-electron chi connectivity index (χ2n) is 8.33. The molecule has 0 aliphatic carbocycles. The summed E-state index contributed by atoms with van der Waals surface area (Å²) in [5.41, 5.74) is 2.48. The lowest BCUT2D eigenvalue weighted by molar-refractivity contribution is -0.140. The highest BCUT2D eigenvalue weighted by Crippen LogP contribution is 2.33. The molecule has 6 nitrogen and oxygen atoms in total. The highest BCUT2D eigenvalue weighted by molar-refractivity contribution is 7.10. The van der Waals surface area contributed by atoms with Gasteiger partial charge < -0.3 is 9.47 Å². The van der Waals surface area contributed by atoms with E-state index in [1.807, 2.05) is 78.2 Å². The fourth-order valence-electron chi connectivity index (χ4n) is 4.07. The Morgan fingerprint density at radius 3 is 2.59 bits per heavy atom. The van der Waals surface area contributed by atoms with Crippen molar-refractivity contribution in [1.82, 2.24) is 4.57 Å². The first-order valence-electron chi connectivity index (χ1n) is 11.7. The molecule has 0 saturated heterocycles. The van der Waals surface area contributed by atoms with E-state index in [1.54, 1.807) is 17.6 Å². The summed E-state index contributed by atoms with van der Waals surface area (Å²) >= 11 is 2.80. The number of thiazole rings is 1. The van der Waals surface area contributed by atoms with E-state index in [4.69, 9.17) is 9.47 Å². The predicted octanol–water partition coefficient (Wildman–Crippen LogP) is 4.60. The van der Waals surface area contributed by atoms with Crippen LogP contribution in [0.15, 0.2) is 106 Å². The predicted molar refractivity (Wildman–Crippen MR) is 146 cm³/mol. The van der Waals surface area contributed by atoms with E-state index in [-0.39, 0.29) is 12.2 Å². The van der Waals surface area contributed by atoms with Crippen molar-refractivity contribution in [2.45, 2.75) is 19.6 Å².